The van der Waals surface area contributed by atoms with Gasteiger partial charge in [-0.25, -0.2) is 8.42 Å². The third kappa shape index (κ3) is 3.50. The summed E-state index contributed by atoms with van der Waals surface area (Å²) >= 11 is 5.81. The van der Waals surface area contributed by atoms with Crippen molar-refractivity contribution in [2.24, 2.45) is 0 Å². The Bertz CT molecular complexity index is 714. The maximum atomic E-state index is 12.3. The van der Waals surface area contributed by atoms with Crippen LogP contribution in [-0.4, -0.2) is 14.2 Å². The van der Waals surface area contributed by atoms with Crippen molar-refractivity contribution in [3.8, 4) is 0 Å². The zero-order valence-electron chi connectivity index (χ0n) is 11.1. The zero-order valence-corrected chi connectivity index (χ0v) is 12.7. The molecule has 0 radical (unpaired) electrons. The van der Waals surface area contributed by atoms with Crippen LogP contribution in [0.15, 0.2) is 60.0 Å². The number of halogens is 1. The molecule has 0 aliphatic rings. The molecule has 0 N–H and O–H groups in total. The molecule has 0 fully saturated rings. The normalized spacial score (nSPS) is 11.3. The van der Waals surface area contributed by atoms with E-state index in [1.54, 1.807) is 48.5 Å². The van der Waals surface area contributed by atoms with E-state index in [1.807, 2.05) is 6.92 Å². The Morgan fingerprint density at radius 1 is 1.05 bits per heavy atom. The summed E-state index contributed by atoms with van der Waals surface area (Å²) < 4.78 is 24.6. The molecule has 0 heterocycles. The SMILES string of the molecule is C=C(CS(=O)(=O)c1ccc(C)cc1)c1ccc(Cl)cc1. The lowest BCUT2D eigenvalue weighted by Crippen LogP contribution is -2.08. The van der Waals surface area contributed by atoms with Gasteiger partial charge < -0.3 is 0 Å². The molecule has 0 atom stereocenters. The van der Waals surface area contributed by atoms with Gasteiger partial charge in [-0.15, -0.1) is 0 Å². The molecule has 0 saturated carbocycles. The quantitative estimate of drug-likeness (QED) is 0.851. The van der Waals surface area contributed by atoms with Crippen LogP contribution in [0.25, 0.3) is 5.57 Å². The summed E-state index contributed by atoms with van der Waals surface area (Å²) in [4.78, 5) is 0.318. The highest BCUT2D eigenvalue weighted by Crippen LogP contribution is 2.21. The summed E-state index contributed by atoms with van der Waals surface area (Å²) in [7, 11) is -3.37. The molecule has 0 bridgehead atoms. The molecule has 0 spiro atoms. The summed E-state index contributed by atoms with van der Waals surface area (Å²) in [6.45, 7) is 5.78. The first-order valence-electron chi connectivity index (χ1n) is 6.11. The van der Waals surface area contributed by atoms with Gasteiger partial charge in [0.25, 0.3) is 0 Å². The molecule has 2 nitrogen and oxygen atoms in total. The van der Waals surface area contributed by atoms with E-state index in [9.17, 15) is 8.42 Å². The fourth-order valence-electron chi connectivity index (χ4n) is 1.83. The van der Waals surface area contributed by atoms with E-state index in [1.165, 1.54) is 0 Å². The van der Waals surface area contributed by atoms with Crippen LogP contribution in [0.1, 0.15) is 11.1 Å². The Balaban J connectivity index is 2.22. The number of aryl methyl sites for hydroxylation is 1. The number of sulfone groups is 1. The lowest BCUT2D eigenvalue weighted by molar-refractivity contribution is 0.599. The minimum absolute atomic E-state index is 0.0995. The van der Waals surface area contributed by atoms with Crippen molar-refractivity contribution in [2.45, 2.75) is 11.8 Å². The van der Waals surface area contributed by atoms with Gasteiger partial charge in [-0.1, -0.05) is 48.0 Å². The number of hydrogen-bond donors (Lipinski definition) is 0. The van der Waals surface area contributed by atoms with Gasteiger partial charge in [0.1, 0.15) is 0 Å². The van der Waals surface area contributed by atoms with Crippen molar-refractivity contribution >= 4 is 27.0 Å². The standard InChI is InChI=1S/C16H15ClO2S/c1-12-3-9-16(10-4-12)20(18,19)11-13(2)14-5-7-15(17)8-6-14/h3-10H,2,11H2,1H3. The van der Waals surface area contributed by atoms with E-state index >= 15 is 0 Å². The monoisotopic (exact) mass is 306 g/mol. The highest BCUT2D eigenvalue weighted by Gasteiger charge is 2.16. The molecule has 0 amide bonds. The molecule has 0 aliphatic heterocycles. The second-order valence-corrected chi connectivity index (χ2v) is 7.11. The molecule has 0 unspecified atom stereocenters. The molecule has 2 aromatic carbocycles. The first kappa shape index (κ1) is 14.8. The van der Waals surface area contributed by atoms with E-state index in [0.717, 1.165) is 11.1 Å². The van der Waals surface area contributed by atoms with Crippen molar-refractivity contribution in [1.29, 1.82) is 0 Å². The van der Waals surface area contributed by atoms with Crippen molar-refractivity contribution in [1.82, 2.24) is 0 Å². The number of benzene rings is 2. The summed E-state index contributed by atoms with van der Waals surface area (Å²) in [6.07, 6.45) is 0. The van der Waals surface area contributed by atoms with Gasteiger partial charge in [-0.3, -0.25) is 0 Å². The Hall–Kier alpha value is -1.58. The van der Waals surface area contributed by atoms with Gasteiger partial charge in [0.15, 0.2) is 9.84 Å². The zero-order chi connectivity index (χ0) is 14.8. The van der Waals surface area contributed by atoms with E-state index in [-0.39, 0.29) is 5.75 Å². The smallest absolute Gasteiger partial charge is 0.182 e. The Morgan fingerprint density at radius 2 is 1.60 bits per heavy atom. The summed E-state index contributed by atoms with van der Waals surface area (Å²) in [5.74, 6) is -0.0995. The fraction of sp³-hybridized carbons (Fsp3) is 0.125. The predicted molar refractivity (Wildman–Crippen MR) is 83.7 cm³/mol. The maximum Gasteiger partial charge on any atom is 0.182 e. The summed E-state index contributed by atoms with van der Waals surface area (Å²) in [5, 5.41) is 0.614. The van der Waals surface area contributed by atoms with E-state index in [2.05, 4.69) is 6.58 Å². The molecule has 4 heteroatoms. The first-order chi connectivity index (χ1) is 9.38. The Kier molecular flexibility index (Phi) is 4.31. The molecule has 2 aromatic rings. The van der Waals surface area contributed by atoms with Crippen LogP contribution in [0.2, 0.25) is 5.02 Å². The van der Waals surface area contributed by atoms with Gasteiger partial charge in [0.05, 0.1) is 10.6 Å². The molecular formula is C16H15ClO2S. The molecular weight excluding hydrogens is 292 g/mol. The van der Waals surface area contributed by atoms with Crippen LogP contribution >= 0.6 is 11.6 Å². The van der Waals surface area contributed by atoms with Crippen molar-refractivity contribution in [3.05, 3.63) is 71.3 Å². The number of hydrogen-bond acceptors (Lipinski definition) is 2. The van der Waals surface area contributed by atoms with Crippen molar-refractivity contribution in [3.63, 3.8) is 0 Å². The van der Waals surface area contributed by atoms with Gasteiger partial charge in [0, 0.05) is 5.02 Å². The highest BCUT2D eigenvalue weighted by molar-refractivity contribution is 7.91. The molecule has 0 saturated heterocycles. The van der Waals surface area contributed by atoms with Gasteiger partial charge in [-0.05, 0) is 42.3 Å². The lowest BCUT2D eigenvalue weighted by Gasteiger charge is -2.08. The third-order valence-electron chi connectivity index (χ3n) is 3.00. The summed E-state index contributed by atoms with van der Waals surface area (Å²) in [5.41, 5.74) is 2.37. The molecule has 0 aromatic heterocycles. The lowest BCUT2D eigenvalue weighted by atomic mass is 10.1. The van der Waals surface area contributed by atoms with E-state index < -0.39 is 9.84 Å². The fourth-order valence-corrected chi connectivity index (χ4v) is 3.30. The topological polar surface area (TPSA) is 34.1 Å². The van der Waals surface area contributed by atoms with Gasteiger partial charge >= 0.3 is 0 Å². The highest BCUT2D eigenvalue weighted by atomic mass is 35.5. The van der Waals surface area contributed by atoms with Crippen molar-refractivity contribution in [2.75, 3.05) is 5.75 Å². The maximum absolute atomic E-state index is 12.3. The van der Waals surface area contributed by atoms with E-state index in [4.69, 9.17) is 11.6 Å². The average molecular weight is 307 g/mol. The van der Waals surface area contributed by atoms with Crippen LogP contribution in [-0.2, 0) is 9.84 Å². The average Bonchev–Trinajstić information content (AvgIpc) is 2.39. The van der Waals surface area contributed by atoms with Crippen LogP contribution in [0.3, 0.4) is 0 Å². The molecule has 2 rings (SSSR count). The Morgan fingerprint density at radius 3 is 2.15 bits per heavy atom. The van der Waals surface area contributed by atoms with Gasteiger partial charge in [-0.2, -0.15) is 0 Å². The van der Waals surface area contributed by atoms with Crippen molar-refractivity contribution < 1.29 is 8.42 Å². The van der Waals surface area contributed by atoms with Crippen LogP contribution in [0.4, 0.5) is 0 Å². The molecule has 104 valence electrons. The Labute approximate surface area is 124 Å². The minimum Gasteiger partial charge on any atom is -0.223 e. The second-order valence-electron chi connectivity index (χ2n) is 4.68. The summed E-state index contributed by atoms with van der Waals surface area (Å²) in [6, 6.07) is 13.8. The van der Waals surface area contributed by atoms with Gasteiger partial charge in [0.2, 0.25) is 0 Å². The molecule has 20 heavy (non-hydrogen) atoms. The van der Waals surface area contributed by atoms with Crippen LogP contribution in [0, 0.1) is 6.92 Å². The van der Waals surface area contributed by atoms with E-state index in [0.29, 0.717) is 15.5 Å². The largest absolute Gasteiger partial charge is 0.223 e. The second kappa shape index (κ2) is 5.81. The van der Waals surface area contributed by atoms with Crippen LogP contribution < -0.4 is 0 Å². The molecule has 0 aliphatic carbocycles. The minimum atomic E-state index is -3.37. The van der Waals surface area contributed by atoms with Crippen LogP contribution in [0.5, 0.6) is 0 Å². The third-order valence-corrected chi connectivity index (χ3v) is 4.97. The predicted octanol–water partition coefficient (Wildman–Crippen LogP) is 4.14. The first-order valence-corrected chi connectivity index (χ1v) is 8.15. The number of rotatable bonds is 4.